The monoisotopic (exact) mass is 408 g/mol. The number of anilines is 1. The van der Waals surface area contributed by atoms with Crippen LogP contribution in [0, 0.1) is 0 Å². The van der Waals surface area contributed by atoms with E-state index < -0.39 is 0 Å². The molecule has 158 valence electrons. The minimum absolute atomic E-state index is 0.114. The molecule has 0 spiro atoms. The van der Waals surface area contributed by atoms with Crippen LogP contribution in [0.25, 0.3) is 5.57 Å². The highest BCUT2D eigenvalue weighted by atomic mass is 16.5. The van der Waals surface area contributed by atoms with Crippen molar-refractivity contribution in [2.45, 2.75) is 26.4 Å². The molecule has 30 heavy (non-hydrogen) atoms. The van der Waals surface area contributed by atoms with Gasteiger partial charge in [0.05, 0.1) is 18.8 Å². The third kappa shape index (κ3) is 4.54. The van der Waals surface area contributed by atoms with Crippen molar-refractivity contribution in [2.75, 3.05) is 32.2 Å². The van der Waals surface area contributed by atoms with Crippen molar-refractivity contribution in [3.8, 4) is 5.75 Å². The van der Waals surface area contributed by atoms with E-state index in [1.807, 2.05) is 63.4 Å². The molecule has 0 radical (unpaired) electrons. The Balaban J connectivity index is 1.95. The summed E-state index contributed by atoms with van der Waals surface area (Å²) in [6.45, 7) is 4.73. The third-order valence-electron chi connectivity index (χ3n) is 4.98. The van der Waals surface area contributed by atoms with Crippen molar-refractivity contribution < 1.29 is 19.1 Å². The second kappa shape index (κ2) is 9.59. The maximum absolute atomic E-state index is 13.3. The van der Waals surface area contributed by atoms with Crippen LogP contribution in [0.2, 0.25) is 0 Å². The van der Waals surface area contributed by atoms with Crippen LogP contribution < -0.4 is 9.64 Å². The molecule has 0 unspecified atom stereocenters. The van der Waals surface area contributed by atoms with Gasteiger partial charge in [0.25, 0.3) is 11.8 Å². The summed E-state index contributed by atoms with van der Waals surface area (Å²) in [5.74, 6) is 0.117. The number of benzene rings is 2. The quantitative estimate of drug-likeness (QED) is 0.467. The molecule has 0 bridgehead atoms. The molecule has 0 saturated carbocycles. The molecule has 2 amide bonds. The number of imide groups is 1. The molecule has 0 saturated heterocycles. The molecule has 0 fully saturated rings. The minimum atomic E-state index is -0.290. The number of likely N-dealkylation sites (N-methyl/N-ethyl adjacent to an activating group) is 1. The number of carbonyl (C=O) groups is 2. The van der Waals surface area contributed by atoms with Crippen LogP contribution >= 0.6 is 0 Å². The van der Waals surface area contributed by atoms with Crippen LogP contribution in [0.4, 0.5) is 5.69 Å². The first-order chi connectivity index (χ1) is 14.4. The Hall–Kier alpha value is -3.12. The predicted octanol–water partition coefficient (Wildman–Crippen LogP) is 3.73. The average Bonchev–Trinajstić information content (AvgIpc) is 3.01. The smallest absolute Gasteiger partial charge is 0.278 e. The normalized spacial score (nSPS) is 14.1. The Morgan fingerprint density at radius 1 is 0.967 bits per heavy atom. The summed E-state index contributed by atoms with van der Waals surface area (Å²) in [5, 5.41) is 0. The lowest BCUT2D eigenvalue weighted by Gasteiger charge is -2.21. The first-order valence-electron chi connectivity index (χ1n) is 10.1. The number of nitrogens with zero attached hydrogens (tertiary/aromatic N) is 2. The van der Waals surface area contributed by atoms with Gasteiger partial charge in [-0.05, 0) is 50.1 Å². The Kier molecular flexibility index (Phi) is 6.90. The number of methoxy groups -OCH3 is 1. The zero-order valence-electron chi connectivity index (χ0n) is 17.9. The number of carbonyl (C=O) groups excluding carboxylic acids is 2. The summed E-state index contributed by atoms with van der Waals surface area (Å²) in [6, 6.07) is 16.7. The molecule has 0 aliphatic carbocycles. The molecular weight excluding hydrogens is 380 g/mol. The van der Waals surface area contributed by atoms with Gasteiger partial charge in [-0.15, -0.1) is 0 Å². The fourth-order valence-corrected chi connectivity index (χ4v) is 3.42. The van der Waals surface area contributed by atoms with Gasteiger partial charge in [-0.1, -0.05) is 30.3 Å². The Morgan fingerprint density at radius 3 is 2.23 bits per heavy atom. The summed E-state index contributed by atoms with van der Waals surface area (Å²) in [7, 11) is 3.40. The van der Waals surface area contributed by atoms with Crippen LogP contribution in [0.3, 0.4) is 0 Å². The first-order valence-corrected chi connectivity index (χ1v) is 10.1. The van der Waals surface area contributed by atoms with E-state index in [1.54, 1.807) is 24.1 Å². The van der Waals surface area contributed by atoms with Crippen LogP contribution in [0.5, 0.6) is 5.75 Å². The van der Waals surface area contributed by atoms with Crippen molar-refractivity contribution in [3.63, 3.8) is 0 Å². The highest BCUT2D eigenvalue weighted by Crippen LogP contribution is 2.34. The molecule has 6 heteroatoms. The van der Waals surface area contributed by atoms with Gasteiger partial charge in [0.15, 0.2) is 0 Å². The largest absolute Gasteiger partial charge is 0.497 e. The highest BCUT2D eigenvalue weighted by molar-refractivity contribution is 6.36. The van der Waals surface area contributed by atoms with Gasteiger partial charge >= 0.3 is 0 Å². The molecule has 0 atom stereocenters. The maximum Gasteiger partial charge on any atom is 0.278 e. The molecule has 1 aliphatic rings. The maximum atomic E-state index is 13.3. The lowest BCUT2D eigenvalue weighted by molar-refractivity contribution is -0.137. The zero-order valence-corrected chi connectivity index (χ0v) is 17.9. The van der Waals surface area contributed by atoms with Gasteiger partial charge in [0, 0.05) is 25.9 Å². The topological polar surface area (TPSA) is 59.1 Å². The second-order valence-electron chi connectivity index (χ2n) is 7.38. The van der Waals surface area contributed by atoms with Gasteiger partial charge in [-0.3, -0.25) is 14.5 Å². The number of hydrogen-bond acceptors (Lipinski definition) is 5. The summed E-state index contributed by atoms with van der Waals surface area (Å²) in [4.78, 5) is 29.7. The molecule has 0 N–H and O–H groups in total. The van der Waals surface area contributed by atoms with Gasteiger partial charge < -0.3 is 14.4 Å². The first kappa shape index (κ1) is 21.6. The van der Waals surface area contributed by atoms with E-state index in [2.05, 4.69) is 0 Å². The number of rotatable bonds is 9. The van der Waals surface area contributed by atoms with Crippen molar-refractivity contribution in [1.29, 1.82) is 0 Å². The van der Waals surface area contributed by atoms with Crippen LogP contribution in [-0.4, -0.2) is 50.1 Å². The van der Waals surface area contributed by atoms with Crippen molar-refractivity contribution >= 4 is 23.1 Å². The van der Waals surface area contributed by atoms with Gasteiger partial charge in [0.1, 0.15) is 11.4 Å². The van der Waals surface area contributed by atoms with Crippen molar-refractivity contribution in [1.82, 2.24) is 4.90 Å². The molecule has 0 aromatic heterocycles. The molecule has 1 aliphatic heterocycles. The van der Waals surface area contributed by atoms with E-state index in [-0.39, 0.29) is 17.9 Å². The van der Waals surface area contributed by atoms with Gasteiger partial charge in [-0.25, -0.2) is 0 Å². The fraction of sp³-hybridized carbons (Fsp3) is 0.333. The van der Waals surface area contributed by atoms with Crippen LogP contribution in [0.15, 0.2) is 60.3 Å². The SMILES string of the molecule is COc1ccc(C2=C(N(C)c3ccccc3)C(=O)N(CCCOC(C)C)C2=O)cc1. The number of hydrogen-bond donors (Lipinski definition) is 0. The Bertz CT molecular complexity index is 920. The highest BCUT2D eigenvalue weighted by Gasteiger charge is 2.40. The second-order valence-corrected chi connectivity index (χ2v) is 7.38. The molecular formula is C24H28N2O4. The van der Waals surface area contributed by atoms with Crippen LogP contribution in [0.1, 0.15) is 25.8 Å². The molecule has 2 aromatic carbocycles. The minimum Gasteiger partial charge on any atom is -0.497 e. The third-order valence-corrected chi connectivity index (χ3v) is 4.98. The van der Waals surface area contributed by atoms with Gasteiger partial charge in [0.2, 0.25) is 0 Å². The Morgan fingerprint density at radius 2 is 1.63 bits per heavy atom. The van der Waals surface area contributed by atoms with Crippen molar-refractivity contribution in [3.05, 3.63) is 65.9 Å². The van der Waals surface area contributed by atoms with E-state index >= 15 is 0 Å². The number of amides is 2. The lowest BCUT2D eigenvalue weighted by Crippen LogP contribution is -2.35. The zero-order chi connectivity index (χ0) is 21.7. The van der Waals surface area contributed by atoms with E-state index in [0.29, 0.717) is 42.2 Å². The summed E-state index contributed by atoms with van der Waals surface area (Å²) >= 11 is 0. The summed E-state index contributed by atoms with van der Waals surface area (Å²) in [5.41, 5.74) is 2.30. The molecule has 2 aromatic rings. The standard InChI is InChI=1S/C24H28N2O4/c1-17(2)30-16-8-15-26-23(27)21(18-11-13-20(29-4)14-12-18)22(24(26)28)25(3)19-9-6-5-7-10-19/h5-7,9-14,17H,8,15-16H2,1-4H3. The summed E-state index contributed by atoms with van der Waals surface area (Å²) in [6.07, 6.45) is 0.705. The van der Waals surface area contributed by atoms with E-state index in [9.17, 15) is 9.59 Å². The van der Waals surface area contributed by atoms with E-state index in [0.717, 1.165) is 5.69 Å². The number of para-hydroxylation sites is 1. The molecule has 6 nitrogen and oxygen atoms in total. The molecule has 3 rings (SSSR count). The number of ether oxygens (including phenoxy) is 2. The van der Waals surface area contributed by atoms with Crippen LogP contribution in [-0.2, 0) is 14.3 Å². The predicted molar refractivity (Wildman–Crippen MR) is 117 cm³/mol. The average molecular weight is 408 g/mol. The van der Waals surface area contributed by atoms with Crippen molar-refractivity contribution in [2.24, 2.45) is 0 Å². The Labute approximate surface area is 177 Å². The van der Waals surface area contributed by atoms with E-state index in [1.165, 1.54) is 4.90 Å². The summed E-state index contributed by atoms with van der Waals surface area (Å²) < 4.78 is 10.8. The fourth-order valence-electron chi connectivity index (χ4n) is 3.42. The van der Waals surface area contributed by atoms with Gasteiger partial charge in [-0.2, -0.15) is 0 Å². The van der Waals surface area contributed by atoms with E-state index in [4.69, 9.17) is 9.47 Å². The lowest BCUT2D eigenvalue weighted by atomic mass is 10.0. The molecule has 1 heterocycles.